The Hall–Kier alpha value is -2.93. The van der Waals surface area contributed by atoms with Gasteiger partial charge in [0, 0.05) is 44.0 Å². The molecule has 0 bridgehead atoms. The Balaban J connectivity index is 1.89. The van der Waals surface area contributed by atoms with Crippen LogP contribution in [0.5, 0.6) is 0 Å². The van der Waals surface area contributed by atoms with E-state index in [9.17, 15) is 14.0 Å². The van der Waals surface area contributed by atoms with E-state index < -0.39 is 5.60 Å². The zero-order valence-electron chi connectivity index (χ0n) is 23.1. The Kier molecular flexibility index (Phi) is 9.71. The van der Waals surface area contributed by atoms with Crippen molar-refractivity contribution >= 4 is 12.0 Å². The molecule has 2 aromatic rings. The van der Waals surface area contributed by atoms with Gasteiger partial charge in [-0.05, 0) is 89.6 Å². The Morgan fingerprint density at radius 2 is 1.86 bits per heavy atom. The maximum atomic E-state index is 14.6. The van der Waals surface area contributed by atoms with E-state index in [1.54, 1.807) is 30.2 Å². The Morgan fingerprint density at radius 3 is 2.51 bits per heavy atom. The largest absolute Gasteiger partial charge is 0.444 e. The second-order valence-electron chi connectivity index (χ2n) is 11.0. The highest BCUT2D eigenvalue weighted by Crippen LogP contribution is 2.30. The Labute approximate surface area is 220 Å². The van der Waals surface area contributed by atoms with E-state index >= 15 is 0 Å². The van der Waals surface area contributed by atoms with E-state index in [1.807, 2.05) is 57.7 Å². The quantitative estimate of drug-likeness (QED) is 0.388. The first-order valence-electron chi connectivity index (χ1n) is 13.2. The standard InChI is InChI=1S/C30H41FN2O4/c1-21(2)33(24-12-9-17-32(20-24)29(35)37-30(3,4)5)28(34)23-15-16-25(22(19-23)11-10-18-36-6)26-13-7-8-14-27(26)31/h7-8,13-16,19,21,24H,9-12,17-18,20H2,1-6H3/t24-/m1/s1. The lowest BCUT2D eigenvalue weighted by molar-refractivity contribution is 0.00752. The summed E-state index contributed by atoms with van der Waals surface area (Å²) in [6.07, 6.45) is 2.70. The number of rotatable bonds is 8. The summed E-state index contributed by atoms with van der Waals surface area (Å²) in [7, 11) is 1.66. The predicted molar refractivity (Wildman–Crippen MR) is 144 cm³/mol. The molecule has 6 nitrogen and oxygen atoms in total. The minimum absolute atomic E-state index is 0.0562. The average Bonchev–Trinajstić information content (AvgIpc) is 2.83. The molecular formula is C30H41FN2O4. The Morgan fingerprint density at radius 1 is 1.14 bits per heavy atom. The first-order valence-corrected chi connectivity index (χ1v) is 13.2. The fourth-order valence-corrected chi connectivity index (χ4v) is 4.93. The van der Waals surface area contributed by atoms with Gasteiger partial charge in [-0.1, -0.05) is 24.3 Å². The summed E-state index contributed by atoms with van der Waals surface area (Å²) in [4.78, 5) is 30.2. The number of amides is 2. The van der Waals surface area contributed by atoms with Crippen LogP contribution in [-0.4, -0.2) is 66.3 Å². The van der Waals surface area contributed by atoms with Crippen molar-refractivity contribution in [1.82, 2.24) is 9.80 Å². The molecule has 37 heavy (non-hydrogen) atoms. The molecule has 0 aliphatic carbocycles. The molecule has 0 saturated carbocycles. The van der Waals surface area contributed by atoms with Gasteiger partial charge in [0.15, 0.2) is 0 Å². The number of aryl methyl sites for hydroxylation is 1. The van der Waals surface area contributed by atoms with Crippen molar-refractivity contribution < 1.29 is 23.5 Å². The van der Waals surface area contributed by atoms with E-state index in [2.05, 4.69) is 0 Å². The number of hydrogen-bond donors (Lipinski definition) is 0. The van der Waals surface area contributed by atoms with Crippen molar-refractivity contribution in [2.45, 2.75) is 78.0 Å². The molecule has 1 aliphatic rings. The van der Waals surface area contributed by atoms with Gasteiger partial charge in [0.1, 0.15) is 11.4 Å². The summed E-state index contributed by atoms with van der Waals surface area (Å²) in [5, 5.41) is 0. The first kappa shape index (κ1) is 28.6. The van der Waals surface area contributed by atoms with Crippen molar-refractivity contribution in [2.75, 3.05) is 26.8 Å². The second kappa shape index (κ2) is 12.5. The van der Waals surface area contributed by atoms with Crippen molar-refractivity contribution in [3.8, 4) is 11.1 Å². The molecule has 0 unspecified atom stereocenters. The number of methoxy groups -OCH3 is 1. The van der Waals surface area contributed by atoms with Gasteiger partial charge in [-0.2, -0.15) is 0 Å². The molecule has 3 rings (SSSR count). The lowest BCUT2D eigenvalue weighted by atomic mass is 9.93. The van der Waals surface area contributed by atoms with Crippen LogP contribution in [0.4, 0.5) is 9.18 Å². The highest BCUT2D eigenvalue weighted by molar-refractivity contribution is 5.95. The van der Waals surface area contributed by atoms with Crippen LogP contribution >= 0.6 is 0 Å². The van der Waals surface area contributed by atoms with Gasteiger partial charge in [0.05, 0.1) is 6.04 Å². The number of carbonyl (C=O) groups excluding carboxylic acids is 2. The summed E-state index contributed by atoms with van der Waals surface area (Å²) in [5.74, 6) is -0.373. The third-order valence-corrected chi connectivity index (χ3v) is 6.54. The molecule has 7 heteroatoms. The number of halogens is 1. The average molecular weight is 513 g/mol. The molecule has 202 valence electrons. The number of ether oxygens (including phenoxy) is 2. The van der Waals surface area contributed by atoms with Crippen LogP contribution in [0.3, 0.4) is 0 Å². The van der Waals surface area contributed by atoms with Crippen LogP contribution in [0.1, 0.15) is 69.8 Å². The summed E-state index contributed by atoms with van der Waals surface area (Å²) in [6.45, 7) is 11.2. The lowest BCUT2D eigenvalue weighted by Gasteiger charge is -2.41. The maximum Gasteiger partial charge on any atom is 0.410 e. The van der Waals surface area contributed by atoms with Gasteiger partial charge in [-0.25, -0.2) is 9.18 Å². The summed E-state index contributed by atoms with van der Waals surface area (Å²) in [5.41, 5.74) is 2.22. The number of benzene rings is 2. The van der Waals surface area contributed by atoms with Gasteiger partial charge in [0.25, 0.3) is 5.91 Å². The van der Waals surface area contributed by atoms with Crippen molar-refractivity contribution in [1.29, 1.82) is 0 Å². The normalized spacial score (nSPS) is 16.1. The summed E-state index contributed by atoms with van der Waals surface area (Å²) < 4.78 is 25.5. The van der Waals surface area contributed by atoms with Crippen LogP contribution in [0, 0.1) is 5.82 Å². The number of piperidine rings is 1. The van der Waals surface area contributed by atoms with Crippen LogP contribution < -0.4 is 0 Å². The number of carbonyl (C=O) groups is 2. The lowest BCUT2D eigenvalue weighted by Crippen LogP contribution is -2.54. The smallest absolute Gasteiger partial charge is 0.410 e. The van der Waals surface area contributed by atoms with Crippen LogP contribution in [0.15, 0.2) is 42.5 Å². The zero-order valence-corrected chi connectivity index (χ0v) is 23.1. The molecule has 1 atom stereocenters. The maximum absolute atomic E-state index is 14.6. The van der Waals surface area contributed by atoms with Gasteiger partial charge in [-0.3, -0.25) is 4.79 Å². The van der Waals surface area contributed by atoms with E-state index in [-0.39, 0.29) is 29.9 Å². The van der Waals surface area contributed by atoms with Crippen LogP contribution in [0.2, 0.25) is 0 Å². The molecule has 0 aromatic heterocycles. The van der Waals surface area contributed by atoms with Crippen molar-refractivity contribution in [2.24, 2.45) is 0 Å². The predicted octanol–water partition coefficient (Wildman–Crippen LogP) is 6.32. The number of nitrogens with zero attached hydrogens (tertiary/aromatic N) is 2. The van der Waals surface area contributed by atoms with E-state index in [0.29, 0.717) is 37.2 Å². The number of likely N-dealkylation sites (tertiary alicyclic amines) is 1. The van der Waals surface area contributed by atoms with E-state index in [0.717, 1.165) is 30.4 Å². The molecule has 1 aliphatic heterocycles. The molecule has 2 aromatic carbocycles. The highest BCUT2D eigenvalue weighted by Gasteiger charge is 2.34. The SMILES string of the molecule is COCCCc1cc(C(=O)N(C(C)C)[C@@H]2CCCN(C(=O)OC(C)(C)C)C2)ccc1-c1ccccc1F. The van der Waals surface area contributed by atoms with E-state index in [4.69, 9.17) is 9.47 Å². The summed E-state index contributed by atoms with van der Waals surface area (Å²) in [6, 6.07) is 12.1. The second-order valence-corrected chi connectivity index (χ2v) is 11.0. The minimum Gasteiger partial charge on any atom is -0.444 e. The molecular weight excluding hydrogens is 471 g/mol. The van der Waals surface area contributed by atoms with Gasteiger partial charge in [0.2, 0.25) is 0 Å². The number of hydrogen-bond acceptors (Lipinski definition) is 4. The molecule has 2 amide bonds. The zero-order chi connectivity index (χ0) is 27.2. The summed E-state index contributed by atoms with van der Waals surface area (Å²) >= 11 is 0. The van der Waals surface area contributed by atoms with Crippen molar-refractivity contribution in [3.05, 3.63) is 59.4 Å². The molecule has 0 radical (unpaired) electrons. The fourth-order valence-electron chi connectivity index (χ4n) is 4.93. The third kappa shape index (κ3) is 7.54. The molecule has 1 fully saturated rings. The monoisotopic (exact) mass is 512 g/mol. The molecule has 0 spiro atoms. The van der Waals surface area contributed by atoms with Gasteiger partial charge in [-0.15, -0.1) is 0 Å². The molecule has 1 heterocycles. The molecule has 1 saturated heterocycles. The third-order valence-electron chi connectivity index (χ3n) is 6.54. The van der Waals surface area contributed by atoms with Gasteiger partial charge >= 0.3 is 6.09 Å². The first-order chi connectivity index (χ1) is 17.5. The van der Waals surface area contributed by atoms with Crippen molar-refractivity contribution in [3.63, 3.8) is 0 Å². The minimum atomic E-state index is -0.573. The topological polar surface area (TPSA) is 59.1 Å². The molecule has 0 N–H and O–H groups in total. The Bertz CT molecular complexity index is 1080. The van der Waals surface area contributed by atoms with Crippen LogP contribution in [0.25, 0.3) is 11.1 Å². The van der Waals surface area contributed by atoms with Gasteiger partial charge < -0.3 is 19.3 Å². The van der Waals surface area contributed by atoms with Crippen LogP contribution in [-0.2, 0) is 15.9 Å². The fraction of sp³-hybridized carbons (Fsp3) is 0.533. The van der Waals surface area contributed by atoms with E-state index in [1.165, 1.54) is 6.07 Å². The highest BCUT2D eigenvalue weighted by atomic mass is 19.1.